The zero-order valence-electron chi connectivity index (χ0n) is 19.0. The number of anilines is 1. The quantitative estimate of drug-likeness (QED) is 0.496. The highest BCUT2D eigenvalue weighted by Crippen LogP contribution is 2.29. The highest BCUT2D eigenvalue weighted by molar-refractivity contribution is 7.89. The number of hydrogen-bond donors (Lipinski definition) is 0. The van der Waals surface area contributed by atoms with E-state index in [0.29, 0.717) is 43.4 Å². The summed E-state index contributed by atoms with van der Waals surface area (Å²) < 4.78 is 26.3. The molecule has 1 fully saturated rings. The smallest absolute Gasteiger partial charge is 0.213 e. The second-order valence-corrected chi connectivity index (χ2v) is 10.8. The van der Waals surface area contributed by atoms with E-state index < -0.39 is 10.0 Å². The van der Waals surface area contributed by atoms with E-state index in [0.717, 1.165) is 34.6 Å². The van der Waals surface area contributed by atoms with Gasteiger partial charge in [0.25, 0.3) is 0 Å². The van der Waals surface area contributed by atoms with E-state index in [-0.39, 0.29) is 5.75 Å². The van der Waals surface area contributed by atoms with E-state index in [4.69, 9.17) is 21.6 Å². The third-order valence-corrected chi connectivity index (χ3v) is 8.16. The van der Waals surface area contributed by atoms with Crippen LogP contribution in [0.25, 0.3) is 11.4 Å². The molecular weight excluding hydrogens is 456 g/mol. The lowest BCUT2D eigenvalue weighted by Gasteiger charge is -2.36. The summed E-state index contributed by atoms with van der Waals surface area (Å²) in [5.41, 5.74) is 4.21. The molecule has 0 saturated carbocycles. The van der Waals surface area contributed by atoms with Gasteiger partial charge in [0.1, 0.15) is 5.82 Å². The minimum Gasteiger partial charge on any atom is -0.354 e. The number of piperazine rings is 1. The van der Waals surface area contributed by atoms with Crippen LogP contribution >= 0.6 is 11.6 Å². The van der Waals surface area contributed by atoms with E-state index in [1.54, 1.807) is 11.2 Å². The van der Waals surface area contributed by atoms with Crippen molar-refractivity contribution in [3.63, 3.8) is 0 Å². The molecule has 1 aliphatic rings. The highest BCUT2D eigenvalue weighted by atomic mass is 35.5. The number of halogens is 1. The molecule has 8 heteroatoms. The maximum Gasteiger partial charge on any atom is 0.213 e. The van der Waals surface area contributed by atoms with Crippen LogP contribution < -0.4 is 4.90 Å². The standard InChI is InChI=1S/C25H29ClN4O2S/c1-3-23-22(18-19-10-12-21(26)13-11-19)25(28-24(27-23)20-8-6-5-7-9-20)29-14-16-30(17-15-29)33(31,32)4-2/h5-13H,3-4,14-18H2,1-2H3. The molecule has 1 aromatic heterocycles. The second kappa shape index (κ2) is 10.2. The maximum atomic E-state index is 12.3. The fourth-order valence-electron chi connectivity index (χ4n) is 4.14. The second-order valence-electron chi connectivity index (χ2n) is 8.11. The van der Waals surface area contributed by atoms with Crippen LogP contribution in [0, 0.1) is 0 Å². The van der Waals surface area contributed by atoms with Crippen molar-refractivity contribution in [2.45, 2.75) is 26.7 Å². The monoisotopic (exact) mass is 484 g/mol. The number of sulfonamides is 1. The van der Waals surface area contributed by atoms with Crippen LogP contribution in [0.3, 0.4) is 0 Å². The first kappa shape index (κ1) is 23.7. The molecule has 6 nitrogen and oxygen atoms in total. The minimum absolute atomic E-state index is 0.125. The van der Waals surface area contributed by atoms with Crippen molar-refractivity contribution < 1.29 is 8.42 Å². The lowest BCUT2D eigenvalue weighted by Crippen LogP contribution is -2.49. The fraction of sp³-hybridized carbons (Fsp3) is 0.360. The zero-order valence-corrected chi connectivity index (χ0v) is 20.6. The Balaban J connectivity index is 1.74. The van der Waals surface area contributed by atoms with Gasteiger partial charge < -0.3 is 4.90 Å². The molecular formula is C25H29ClN4O2S. The van der Waals surface area contributed by atoms with Crippen molar-refractivity contribution in [2.75, 3.05) is 36.8 Å². The van der Waals surface area contributed by atoms with E-state index in [2.05, 4.69) is 11.8 Å². The van der Waals surface area contributed by atoms with Crippen molar-refractivity contribution >= 4 is 27.4 Å². The van der Waals surface area contributed by atoms with Crippen LogP contribution in [0.15, 0.2) is 54.6 Å². The molecule has 0 N–H and O–H groups in total. The molecule has 0 aliphatic carbocycles. The van der Waals surface area contributed by atoms with Gasteiger partial charge in [0.2, 0.25) is 10.0 Å². The topological polar surface area (TPSA) is 66.4 Å². The van der Waals surface area contributed by atoms with Crippen LogP contribution in [0.1, 0.15) is 30.7 Å². The maximum absolute atomic E-state index is 12.3. The Hall–Kier alpha value is -2.48. The molecule has 3 aromatic rings. The summed E-state index contributed by atoms with van der Waals surface area (Å²) in [4.78, 5) is 12.2. The molecule has 0 amide bonds. The largest absolute Gasteiger partial charge is 0.354 e. The van der Waals surface area contributed by atoms with E-state index in [1.165, 1.54) is 0 Å². The Labute approximate surface area is 201 Å². The summed E-state index contributed by atoms with van der Waals surface area (Å²) in [6.45, 7) is 5.92. The highest BCUT2D eigenvalue weighted by Gasteiger charge is 2.28. The molecule has 0 unspecified atom stereocenters. The van der Waals surface area contributed by atoms with Gasteiger partial charge in [0.15, 0.2) is 5.82 Å². The minimum atomic E-state index is -3.19. The van der Waals surface area contributed by atoms with Crippen LogP contribution in [0.2, 0.25) is 5.02 Å². The van der Waals surface area contributed by atoms with E-state index >= 15 is 0 Å². The van der Waals surface area contributed by atoms with Crippen LogP contribution in [0.4, 0.5) is 5.82 Å². The summed E-state index contributed by atoms with van der Waals surface area (Å²) in [5.74, 6) is 1.72. The van der Waals surface area contributed by atoms with Gasteiger partial charge in [0.05, 0.1) is 5.75 Å². The van der Waals surface area contributed by atoms with Crippen molar-refractivity contribution in [2.24, 2.45) is 0 Å². The van der Waals surface area contributed by atoms with Crippen molar-refractivity contribution in [3.8, 4) is 11.4 Å². The summed E-state index contributed by atoms with van der Waals surface area (Å²) in [5, 5.41) is 0.707. The lowest BCUT2D eigenvalue weighted by molar-refractivity contribution is 0.384. The number of benzene rings is 2. The first-order valence-corrected chi connectivity index (χ1v) is 13.3. The predicted molar refractivity (Wildman–Crippen MR) is 134 cm³/mol. The van der Waals surface area contributed by atoms with Crippen LogP contribution in [-0.4, -0.2) is 54.6 Å². The van der Waals surface area contributed by atoms with Gasteiger partial charge in [-0.15, -0.1) is 0 Å². The van der Waals surface area contributed by atoms with Gasteiger partial charge in [0, 0.05) is 54.4 Å². The summed E-state index contributed by atoms with van der Waals surface area (Å²) in [7, 11) is -3.19. The average molecular weight is 485 g/mol. The van der Waals surface area contributed by atoms with E-state index in [1.807, 2.05) is 54.6 Å². The Morgan fingerprint density at radius 2 is 1.58 bits per heavy atom. The molecule has 33 heavy (non-hydrogen) atoms. The Bertz CT molecular complexity index is 1190. The van der Waals surface area contributed by atoms with Gasteiger partial charge in [-0.05, 0) is 31.0 Å². The van der Waals surface area contributed by atoms with Crippen molar-refractivity contribution in [3.05, 3.63) is 76.4 Å². The van der Waals surface area contributed by atoms with Crippen LogP contribution in [0.5, 0.6) is 0 Å². The van der Waals surface area contributed by atoms with Crippen molar-refractivity contribution in [1.82, 2.24) is 14.3 Å². The van der Waals surface area contributed by atoms with Gasteiger partial charge in [-0.25, -0.2) is 18.4 Å². The lowest BCUT2D eigenvalue weighted by atomic mass is 10.0. The SMILES string of the molecule is CCc1nc(-c2ccccc2)nc(N2CCN(S(=O)(=O)CC)CC2)c1Cc1ccc(Cl)cc1. The van der Waals surface area contributed by atoms with Gasteiger partial charge in [-0.3, -0.25) is 0 Å². The van der Waals surface area contributed by atoms with Gasteiger partial charge in [-0.2, -0.15) is 4.31 Å². The Morgan fingerprint density at radius 1 is 0.909 bits per heavy atom. The molecule has 4 rings (SSSR count). The fourth-order valence-corrected chi connectivity index (χ4v) is 5.35. The summed E-state index contributed by atoms with van der Waals surface area (Å²) in [6, 6.07) is 17.8. The Kier molecular flexibility index (Phi) is 7.32. The third kappa shape index (κ3) is 5.37. The molecule has 1 saturated heterocycles. The van der Waals surface area contributed by atoms with Crippen molar-refractivity contribution in [1.29, 1.82) is 0 Å². The zero-order chi connectivity index (χ0) is 23.4. The third-order valence-electron chi connectivity index (χ3n) is 6.03. The first-order valence-electron chi connectivity index (χ1n) is 11.3. The summed E-state index contributed by atoms with van der Waals surface area (Å²) >= 11 is 6.09. The van der Waals surface area contributed by atoms with Gasteiger partial charge in [-0.1, -0.05) is 61.0 Å². The molecule has 1 aliphatic heterocycles. The predicted octanol–water partition coefficient (Wildman–Crippen LogP) is 4.42. The molecule has 0 atom stereocenters. The molecule has 0 bridgehead atoms. The molecule has 0 radical (unpaired) electrons. The number of aryl methyl sites for hydroxylation is 1. The molecule has 0 spiro atoms. The number of nitrogens with zero attached hydrogens (tertiary/aromatic N) is 4. The average Bonchev–Trinajstić information content (AvgIpc) is 2.86. The number of rotatable bonds is 7. The number of hydrogen-bond acceptors (Lipinski definition) is 5. The van der Waals surface area contributed by atoms with Gasteiger partial charge >= 0.3 is 0 Å². The molecule has 174 valence electrons. The molecule has 2 heterocycles. The normalized spacial score (nSPS) is 15.1. The number of aromatic nitrogens is 2. The first-order chi connectivity index (χ1) is 15.9. The summed E-state index contributed by atoms with van der Waals surface area (Å²) in [6.07, 6.45) is 1.47. The Morgan fingerprint density at radius 3 is 2.18 bits per heavy atom. The van der Waals surface area contributed by atoms with E-state index in [9.17, 15) is 8.42 Å². The molecule has 2 aromatic carbocycles. The van der Waals surface area contributed by atoms with Crippen LogP contribution in [-0.2, 0) is 22.9 Å².